The Kier molecular flexibility index (Phi) is 5.12. The number of rotatable bonds is 4. The van der Waals surface area contributed by atoms with Crippen LogP contribution in [0.5, 0.6) is 0 Å². The molecule has 1 aliphatic rings. The molecule has 1 N–H and O–H groups in total. The van der Waals surface area contributed by atoms with E-state index in [0.29, 0.717) is 11.3 Å². The van der Waals surface area contributed by atoms with Crippen molar-refractivity contribution in [3.8, 4) is 11.1 Å². The van der Waals surface area contributed by atoms with Crippen LogP contribution in [-0.2, 0) is 14.8 Å². The summed E-state index contributed by atoms with van der Waals surface area (Å²) in [5.41, 5.74) is 5.15. The van der Waals surface area contributed by atoms with Crippen molar-refractivity contribution in [3.63, 3.8) is 0 Å². The molecule has 1 amide bonds. The molecule has 0 aromatic heterocycles. The van der Waals surface area contributed by atoms with Crippen LogP contribution >= 0.6 is 0 Å². The Morgan fingerprint density at radius 3 is 2.33 bits per heavy atom. The fourth-order valence-corrected chi connectivity index (χ4v) is 5.42. The van der Waals surface area contributed by atoms with Gasteiger partial charge in [0.05, 0.1) is 16.6 Å². The first-order valence-electron chi connectivity index (χ1n) is 9.86. The van der Waals surface area contributed by atoms with E-state index >= 15 is 0 Å². The van der Waals surface area contributed by atoms with Crippen LogP contribution in [0.15, 0.2) is 71.6 Å². The Hall–Kier alpha value is -3.12. The zero-order valence-corrected chi connectivity index (χ0v) is 18.0. The maximum Gasteiger partial charge on any atom is 0.265 e. The predicted octanol–water partition coefficient (Wildman–Crippen LogP) is 4.36. The van der Waals surface area contributed by atoms with Gasteiger partial charge in [-0.25, -0.2) is 8.42 Å². The van der Waals surface area contributed by atoms with Gasteiger partial charge in [-0.3, -0.25) is 9.10 Å². The van der Waals surface area contributed by atoms with Gasteiger partial charge >= 0.3 is 0 Å². The first kappa shape index (κ1) is 20.2. The Bertz CT molecular complexity index is 1220. The van der Waals surface area contributed by atoms with E-state index in [-0.39, 0.29) is 23.4 Å². The molecule has 5 nitrogen and oxygen atoms in total. The van der Waals surface area contributed by atoms with Gasteiger partial charge in [-0.2, -0.15) is 0 Å². The maximum atomic E-state index is 13.3. The highest BCUT2D eigenvalue weighted by Crippen LogP contribution is 2.43. The summed E-state index contributed by atoms with van der Waals surface area (Å²) in [6.07, 6.45) is 0. The second-order valence-corrected chi connectivity index (χ2v) is 9.56. The molecule has 6 heteroatoms. The van der Waals surface area contributed by atoms with E-state index in [1.807, 2.05) is 69.3 Å². The van der Waals surface area contributed by atoms with E-state index in [2.05, 4.69) is 5.32 Å². The van der Waals surface area contributed by atoms with Crippen molar-refractivity contribution >= 4 is 21.6 Å². The van der Waals surface area contributed by atoms with Crippen LogP contribution in [-0.4, -0.2) is 20.9 Å². The highest BCUT2D eigenvalue weighted by atomic mass is 32.2. The quantitative estimate of drug-likeness (QED) is 0.682. The summed E-state index contributed by atoms with van der Waals surface area (Å²) >= 11 is 0. The third-order valence-corrected chi connectivity index (χ3v) is 7.23. The fourth-order valence-electron chi connectivity index (χ4n) is 3.77. The molecule has 0 fully saturated rings. The van der Waals surface area contributed by atoms with E-state index < -0.39 is 10.0 Å². The second-order valence-electron chi connectivity index (χ2n) is 7.73. The number of amides is 1. The van der Waals surface area contributed by atoms with Gasteiger partial charge in [0.25, 0.3) is 10.0 Å². The maximum absolute atomic E-state index is 13.3. The molecule has 3 aromatic carbocycles. The molecule has 0 aliphatic carbocycles. The standard InChI is InChI=1S/C24H24N2O3S/c1-16-8-11-19(12-9-16)18(3)25-24(27)15-26-22-13-10-17(2)14-21(22)20-6-4-5-7-23(20)30(26,28)29/h4-14,18H,15H2,1-3H3,(H,25,27)/t18-/m1/s1. The van der Waals surface area contributed by atoms with Crippen molar-refractivity contribution < 1.29 is 13.2 Å². The van der Waals surface area contributed by atoms with Gasteiger partial charge in [0.2, 0.25) is 5.91 Å². The fraction of sp³-hybridized carbons (Fsp3) is 0.208. The molecule has 30 heavy (non-hydrogen) atoms. The normalized spacial score (nSPS) is 15.1. The van der Waals surface area contributed by atoms with Gasteiger partial charge in [-0.15, -0.1) is 0 Å². The van der Waals surface area contributed by atoms with Crippen LogP contribution in [0.4, 0.5) is 5.69 Å². The monoisotopic (exact) mass is 420 g/mol. The molecule has 3 aromatic rings. The third kappa shape index (κ3) is 3.59. The van der Waals surface area contributed by atoms with Crippen molar-refractivity contribution in [2.75, 3.05) is 10.8 Å². The number of benzene rings is 3. The summed E-state index contributed by atoms with van der Waals surface area (Å²) in [6.45, 7) is 5.58. The van der Waals surface area contributed by atoms with Gasteiger partial charge < -0.3 is 5.32 Å². The molecule has 1 heterocycles. The predicted molar refractivity (Wildman–Crippen MR) is 119 cm³/mol. The third-order valence-electron chi connectivity index (χ3n) is 5.41. The summed E-state index contributed by atoms with van der Waals surface area (Å²) in [7, 11) is -3.84. The molecule has 0 saturated heterocycles. The van der Waals surface area contributed by atoms with Gasteiger partial charge in [0, 0.05) is 11.1 Å². The van der Waals surface area contributed by atoms with E-state index in [1.54, 1.807) is 18.2 Å². The van der Waals surface area contributed by atoms with Crippen LogP contribution in [0.3, 0.4) is 0 Å². The molecule has 0 radical (unpaired) electrons. The summed E-state index contributed by atoms with van der Waals surface area (Å²) < 4.78 is 27.9. The van der Waals surface area contributed by atoms with Crippen LogP contribution in [0.2, 0.25) is 0 Å². The average molecular weight is 421 g/mol. The van der Waals surface area contributed by atoms with Gasteiger partial charge in [-0.05, 0) is 44.5 Å². The summed E-state index contributed by atoms with van der Waals surface area (Å²) in [5.74, 6) is -0.349. The van der Waals surface area contributed by atoms with Crippen molar-refractivity contribution in [3.05, 3.63) is 83.4 Å². The zero-order valence-electron chi connectivity index (χ0n) is 17.2. The molecule has 154 valence electrons. The van der Waals surface area contributed by atoms with Crippen molar-refractivity contribution in [1.29, 1.82) is 0 Å². The number of nitrogens with one attached hydrogen (secondary N) is 1. The number of anilines is 1. The number of hydrogen-bond donors (Lipinski definition) is 1. The van der Waals surface area contributed by atoms with Gasteiger partial charge in [-0.1, -0.05) is 59.7 Å². The average Bonchev–Trinajstić information content (AvgIpc) is 2.72. The lowest BCUT2D eigenvalue weighted by molar-refractivity contribution is -0.120. The number of sulfonamides is 1. The highest BCUT2D eigenvalue weighted by molar-refractivity contribution is 7.93. The van der Waals surface area contributed by atoms with Crippen LogP contribution in [0, 0.1) is 13.8 Å². The zero-order chi connectivity index (χ0) is 21.5. The number of nitrogens with zero attached hydrogens (tertiary/aromatic N) is 1. The van der Waals surface area contributed by atoms with Crippen LogP contribution in [0.25, 0.3) is 11.1 Å². The topological polar surface area (TPSA) is 66.5 Å². The Labute approximate surface area is 177 Å². The Balaban J connectivity index is 1.65. The molecular weight excluding hydrogens is 396 g/mol. The molecule has 0 saturated carbocycles. The smallest absolute Gasteiger partial charge is 0.265 e. The van der Waals surface area contributed by atoms with E-state index in [9.17, 15) is 13.2 Å². The number of hydrogen-bond acceptors (Lipinski definition) is 3. The van der Waals surface area contributed by atoms with Crippen LogP contribution < -0.4 is 9.62 Å². The van der Waals surface area contributed by atoms with Crippen molar-refractivity contribution in [1.82, 2.24) is 5.32 Å². The lowest BCUT2D eigenvalue weighted by Gasteiger charge is -2.32. The van der Waals surface area contributed by atoms with Crippen molar-refractivity contribution in [2.24, 2.45) is 0 Å². The Morgan fingerprint density at radius 1 is 0.933 bits per heavy atom. The van der Waals surface area contributed by atoms with Gasteiger partial charge in [0.15, 0.2) is 0 Å². The van der Waals surface area contributed by atoms with Gasteiger partial charge in [0.1, 0.15) is 6.54 Å². The molecule has 1 aliphatic heterocycles. The number of aryl methyl sites for hydroxylation is 2. The number of carbonyl (C=O) groups excluding carboxylic acids is 1. The van der Waals surface area contributed by atoms with E-state index in [1.165, 1.54) is 4.31 Å². The summed E-state index contributed by atoms with van der Waals surface area (Å²) in [6, 6.07) is 20.2. The largest absolute Gasteiger partial charge is 0.348 e. The molecule has 1 atom stereocenters. The number of carbonyl (C=O) groups is 1. The number of fused-ring (bicyclic) bond motifs is 3. The first-order chi connectivity index (χ1) is 14.3. The van der Waals surface area contributed by atoms with Crippen LogP contribution in [0.1, 0.15) is 29.7 Å². The lowest BCUT2D eigenvalue weighted by Crippen LogP contribution is -2.43. The molecular formula is C24H24N2O3S. The molecule has 0 spiro atoms. The molecule has 0 bridgehead atoms. The molecule has 0 unspecified atom stereocenters. The Morgan fingerprint density at radius 2 is 1.60 bits per heavy atom. The SMILES string of the molecule is Cc1ccc([C@@H](C)NC(=O)CN2c3ccc(C)cc3-c3ccccc3S2(=O)=O)cc1. The summed E-state index contributed by atoms with van der Waals surface area (Å²) in [5, 5.41) is 2.92. The minimum absolute atomic E-state index is 0.225. The first-order valence-corrected chi connectivity index (χ1v) is 11.3. The minimum atomic E-state index is -3.84. The highest BCUT2D eigenvalue weighted by Gasteiger charge is 2.36. The van der Waals surface area contributed by atoms with E-state index in [4.69, 9.17) is 0 Å². The van der Waals surface area contributed by atoms with Crippen molar-refractivity contribution in [2.45, 2.75) is 31.7 Å². The lowest BCUT2D eigenvalue weighted by atomic mass is 10.0. The van der Waals surface area contributed by atoms with E-state index in [0.717, 1.165) is 22.3 Å². The molecule has 4 rings (SSSR count). The second kappa shape index (κ2) is 7.61. The summed E-state index contributed by atoms with van der Waals surface area (Å²) in [4.78, 5) is 13.0. The minimum Gasteiger partial charge on any atom is -0.348 e.